The summed E-state index contributed by atoms with van der Waals surface area (Å²) in [4.78, 5) is 0. The molecule has 0 bridgehead atoms. The zero-order valence-corrected chi connectivity index (χ0v) is 13.3. The lowest BCUT2D eigenvalue weighted by molar-refractivity contribution is 0.181. The highest BCUT2D eigenvalue weighted by molar-refractivity contribution is 7.88. The number of nitrogens with one attached hydrogen (secondary N) is 1. The van der Waals surface area contributed by atoms with Gasteiger partial charge in [-0.2, -0.15) is 0 Å². The van der Waals surface area contributed by atoms with Crippen LogP contribution in [0, 0.1) is 18.6 Å². The molecule has 2 aromatic carbocycles. The number of aliphatic hydroxyl groups is 1. The summed E-state index contributed by atoms with van der Waals surface area (Å²) in [5, 5.41) is 10.1. The second kappa shape index (κ2) is 7.16. The molecule has 4 nitrogen and oxygen atoms in total. The van der Waals surface area contributed by atoms with Crippen LogP contribution < -0.4 is 4.72 Å². The summed E-state index contributed by atoms with van der Waals surface area (Å²) < 4.78 is 52.5. The van der Waals surface area contributed by atoms with Gasteiger partial charge in [0.25, 0.3) is 0 Å². The third-order valence-corrected chi connectivity index (χ3v) is 4.70. The zero-order chi connectivity index (χ0) is 17.0. The first-order valence-corrected chi connectivity index (χ1v) is 8.58. The molecule has 2 aromatic rings. The summed E-state index contributed by atoms with van der Waals surface area (Å²) >= 11 is 0. The van der Waals surface area contributed by atoms with Gasteiger partial charge in [0.2, 0.25) is 10.0 Å². The third kappa shape index (κ3) is 4.82. The molecule has 1 atom stereocenters. The third-order valence-electron chi connectivity index (χ3n) is 3.40. The Morgan fingerprint density at radius 1 is 1.17 bits per heavy atom. The van der Waals surface area contributed by atoms with Crippen molar-refractivity contribution < 1.29 is 22.3 Å². The van der Waals surface area contributed by atoms with Crippen LogP contribution in [0.5, 0.6) is 0 Å². The summed E-state index contributed by atoms with van der Waals surface area (Å²) in [6.07, 6.45) is -1.01. The molecule has 0 spiro atoms. The van der Waals surface area contributed by atoms with Gasteiger partial charge >= 0.3 is 0 Å². The number of benzene rings is 2. The minimum Gasteiger partial charge on any atom is -0.387 e. The van der Waals surface area contributed by atoms with Gasteiger partial charge in [0.15, 0.2) is 0 Å². The van der Waals surface area contributed by atoms with Gasteiger partial charge < -0.3 is 5.11 Å². The molecule has 7 heteroatoms. The van der Waals surface area contributed by atoms with E-state index in [1.807, 2.05) is 6.07 Å². The van der Waals surface area contributed by atoms with Crippen molar-refractivity contribution in [2.45, 2.75) is 18.8 Å². The van der Waals surface area contributed by atoms with Gasteiger partial charge in [0.1, 0.15) is 11.6 Å². The Morgan fingerprint density at radius 3 is 2.52 bits per heavy atom. The molecule has 0 saturated carbocycles. The van der Waals surface area contributed by atoms with Crippen LogP contribution >= 0.6 is 0 Å². The van der Waals surface area contributed by atoms with E-state index in [9.17, 15) is 22.3 Å². The van der Waals surface area contributed by atoms with E-state index >= 15 is 0 Å². The molecule has 0 aliphatic heterocycles. The number of aliphatic hydroxyl groups excluding tert-OH is 1. The topological polar surface area (TPSA) is 66.4 Å². The minimum absolute atomic E-state index is 0.135. The Labute approximate surface area is 133 Å². The number of rotatable bonds is 6. The van der Waals surface area contributed by atoms with E-state index in [1.165, 1.54) is 0 Å². The van der Waals surface area contributed by atoms with Gasteiger partial charge in [-0.1, -0.05) is 30.3 Å². The Balaban J connectivity index is 2.03. The van der Waals surface area contributed by atoms with Crippen molar-refractivity contribution in [3.05, 3.63) is 70.8 Å². The predicted octanol–water partition coefficient (Wildman–Crippen LogP) is 2.43. The van der Waals surface area contributed by atoms with Crippen molar-refractivity contribution in [2.75, 3.05) is 6.54 Å². The Kier molecular flexibility index (Phi) is 5.46. The summed E-state index contributed by atoms with van der Waals surface area (Å²) in [5.74, 6) is -2.32. The number of sulfonamides is 1. The zero-order valence-electron chi connectivity index (χ0n) is 12.5. The van der Waals surface area contributed by atoms with E-state index in [0.29, 0.717) is 11.6 Å². The fraction of sp³-hybridized carbons (Fsp3) is 0.250. The lowest BCUT2D eigenvalue weighted by Gasteiger charge is -2.15. The van der Waals surface area contributed by atoms with E-state index < -0.39 is 33.5 Å². The molecule has 0 fully saturated rings. The molecule has 0 amide bonds. The van der Waals surface area contributed by atoms with Crippen molar-refractivity contribution in [3.63, 3.8) is 0 Å². The molecule has 23 heavy (non-hydrogen) atoms. The lowest BCUT2D eigenvalue weighted by atomic mass is 10.0. The van der Waals surface area contributed by atoms with E-state index in [-0.39, 0.29) is 12.1 Å². The average molecular weight is 341 g/mol. The first-order chi connectivity index (χ1) is 10.8. The van der Waals surface area contributed by atoms with Crippen molar-refractivity contribution in [3.8, 4) is 0 Å². The predicted molar refractivity (Wildman–Crippen MR) is 83.1 cm³/mol. The van der Waals surface area contributed by atoms with E-state index in [4.69, 9.17) is 0 Å². The SMILES string of the molecule is Cc1ccccc1C(O)CNS(=O)(=O)Cc1ccc(F)cc1F. The molecule has 0 saturated heterocycles. The quantitative estimate of drug-likeness (QED) is 0.848. The van der Waals surface area contributed by atoms with E-state index in [2.05, 4.69) is 4.72 Å². The van der Waals surface area contributed by atoms with Gasteiger partial charge in [-0.3, -0.25) is 0 Å². The standard InChI is InChI=1S/C16H17F2NO3S/c1-11-4-2-3-5-14(11)16(20)9-19-23(21,22)10-12-6-7-13(17)8-15(12)18/h2-8,16,19-20H,9-10H2,1H3. The van der Waals surface area contributed by atoms with Crippen LogP contribution in [0.15, 0.2) is 42.5 Å². The summed E-state index contributed by atoms with van der Waals surface area (Å²) in [5.41, 5.74) is 1.32. The van der Waals surface area contributed by atoms with Crippen LogP contribution in [0.4, 0.5) is 8.78 Å². The fourth-order valence-corrected chi connectivity index (χ4v) is 3.33. The Morgan fingerprint density at radius 2 is 1.87 bits per heavy atom. The van der Waals surface area contributed by atoms with Gasteiger partial charge in [-0.15, -0.1) is 0 Å². The molecule has 2 N–H and O–H groups in total. The largest absolute Gasteiger partial charge is 0.387 e. The Hall–Kier alpha value is -1.83. The molecule has 0 aliphatic carbocycles. The number of hydrogen-bond donors (Lipinski definition) is 2. The molecule has 0 aliphatic rings. The highest BCUT2D eigenvalue weighted by Crippen LogP contribution is 2.17. The molecule has 124 valence electrons. The van der Waals surface area contributed by atoms with Crippen LogP contribution in [0.3, 0.4) is 0 Å². The van der Waals surface area contributed by atoms with Crippen LogP contribution in [-0.4, -0.2) is 20.1 Å². The van der Waals surface area contributed by atoms with Crippen molar-refractivity contribution in [1.29, 1.82) is 0 Å². The second-order valence-electron chi connectivity index (χ2n) is 5.22. The molecule has 1 unspecified atom stereocenters. The van der Waals surface area contributed by atoms with Crippen LogP contribution in [0.25, 0.3) is 0 Å². The second-order valence-corrected chi connectivity index (χ2v) is 7.02. The average Bonchev–Trinajstić information content (AvgIpc) is 2.48. The molecular formula is C16H17F2NO3S. The number of halogens is 2. The maximum absolute atomic E-state index is 13.5. The number of hydrogen-bond acceptors (Lipinski definition) is 3. The highest BCUT2D eigenvalue weighted by Gasteiger charge is 2.18. The highest BCUT2D eigenvalue weighted by atomic mass is 32.2. The van der Waals surface area contributed by atoms with Crippen LogP contribution in [0.1, 0.15) is 22.8 Å². The molecule has 0 radical (unpaired) electrons. The molecule has 0 heterocycles. The van der Waals surface area contributed by atoms with Crippen molar-refractivity contribution in [2.24, 2.45) is 0 Å². The Bertz CT molecular complexity index is 794. The summed E-state index contributed by atoms with van der Waals surface area (Å²) in [6, 6.07) is 9.78. The molecule has 0 aromatic heterocycles. The van der Waals surface area contributed by atoms with E-state index in [0.717, 1.165) is 17.7 Å². The van der Waals surface area contributed by atoms with Crippen LogP contribution in [0.2, 0.25) is 0 Å². The van der Waals surface area contributed by atoms with Gasteiger partial charge in [-0.05, 0) is 24.1 Å². The maximum atomic E-state index is 13.5. The van der Waals surface area contributed by atoms with Crippen molar-refractivity contribution >= 4 is 10.0 Å². The molecule has 2 rings (SSSR count). The molecular weight excluding hydrogens is 324 g/mol. The maximum Gasteiger partial charge on any atom is 0.215 e. The van der Waals surface area contributed by atoms with Gasteiger partial charge in [0, 0.05) is 18.2 Å². The van der Waals surface area contributed by atoms with Crippen molar-refractivity contribution in [1.82, 2.24) is 4.72 Å². The summed E-state index contributed by atoms with van der Waals surface area (Å²) in [6.45, 7) is 1.58. The van der Waals surface area contributed by atoms with Gasteiger partial charge in [0.05, 0.1) is 11.9 Å². The smallest absolute Gasteiger partial charge is 0.215 e. The fourth-order valence-electron chi connectivity index (χ4n) is 2.17. The summed E-state index contributed by atoms with van der Waals surface area (Å²) in [7, 11) is -3.86. The van der Waals surface area contributed by atoms with Gasteiger partial charge in [-0.25, -0.2) is 21.9 Å². The minimum atomic E-state index is -3.86. The lowest BCUT2D eigenvalue weighted by Crippen LogP contribution is -2.30. The first kappa shape index (κ1) is 17.5. The van der Waals surface area contributed by atoms with Crippen LogP contribution in [-0.2, 0) is 15.8 Å². The number of aryl methyl sites for hydroxylation is 1. The first-order valence-electron chi connectivity index (χ1n) is 6.93. The normalized spacial score (nSPS) is 13.0. The monoisotopic (exact) mass is 341 g/mol. The van der Waals surface area contributed by atoms with E-state index in [1.54, 1.807) is 25.1 Å².